The van der Waals surface area contributed by atoms with Crippen LogP contribution in [0.5, 0.6) is 0 Å². The van der Waals surface area contributed by atoms with E-state index >= 15 is 0 Å². The van der Waals surface area contributed by atoms with E-state index in [0.717, 1.165) is 22.3 Å². The smallest absolute Gasteiger partial charge is 0.370 e. The number of primary amides is 1. The lowest BCUT2D eigenvalue weighted by atomic mass is 10.1. The number of hydrogen-bond donors (Lipinski definition) is 3. The second-order valence-corrected chi connectivity index (χ2v) is 6.39. The maximum atomic E-state index is 13.5. The summed E-state index contributed by atoms with van der Waals surface area (Å²) < 4.78 is 82.7. The normalized spacial score (nSPS) is 15.6. The number of ether oxygens (including phenoxy) is 1. The Morgan fingerprint density at radius 1 is 1.16 bits per heavy atom. The molecule has 1 aliphatic rings. The van der Waals surface area contributed by atoms with E-state index in [0.29, 0.717) is 0 Å². The average Bonchev–Trinajstić information content (AvgIpc) is 2.71. The predicted octanol–water partition coefficient (Wildman–Crippen LogP) is 0.796. The van der Waals surface area contributed by atoms with Crippen molar-refractivity contribution in [3.63, 3.8) is 0 Å². The fourth-order valence-corrected chi connectivity index (χ4v) is 2.60. The highest BCUT2D eigenvalue weighted by molar-refractivity contribution is 6.12. The molecule has 0 radical (unpaired) electrons. The zero-order chi connectivity index (χ0) is 24.2. The van der Waals surface area contributed by atoms with Crippen molar-refractivity contribution in [2.24, 2.45) is 5.73 Å². The molecule has 9 nitrogen and oxygen atoms in total. The Bertz CT molecular complexity index is 913. The summed E-state index contributed by atoms with van der Waals surface area (Å²) in [4.78, 5) is 47.9. The summed E-state index contributed by atoms with van der Waals surface area (Å²) in [5.41, 5.74) is 3.47. The second-order valence-electron chi connectivity index (χ2n) is 6.39. The SMILES string of the molecule is NC(=O)[C@@H](NC(=O)C(F)(F)C(F)F)C(=O)Nc1ccc(N2CCOCC2=O)cc1C(F)F. The number of halogens is 6. The molecule has 1 heterocycles. The number of morpholine rings is 1. The molecule has 1 aliphatic heterocycles. The first-order chi connectivity index (χ1) is 14.9. The van der Waals surface area contributed by atoms with Gasteiger partial charge in [0.1, 0.15) is 6.61 Å². The van der Waals surface area contributed by atoms with Crippen molar-refractivity contribution in [2.75, 3.05) is 30.0 Å². The first-order valence-electron chi connectivity index (χ1n) is 8.73. The Morgan fingerprint density at radius 2 is 1.81 bits per heavy atom. The Balaban J connectivity index is 2.26. The molecule has 1 aromatic carbocycles. The van der Waals surface area contributed by atoms with Crippen molar-refractivity contribution in [1.29, 1.82) is 0 Å². The van der Waals surface area contributed by atoms with E-state index in [1.807, 2.05) is 0 Å². The number of hydrogen-bond acceptors (Lipinski definition) is 5. The minimum absolute atomic E-state index is 0.0444. The zero-order valence-electron chi connectivity index (χ0n) is 15.9. The number of anilines is 2. The molecule has 0 bridgehead atoms. The molecule has 0 unspecified atom stereocenters. The van der Waals surface area contributed by atoms with Crippen LogP contribution < -0.4 is 21.3 Å². The van der Waals surface area contributed by atoms with Crippen molar-refractivity contribution in [1.82, 2.24) is 5.32 Å². The van der Waals surface area contributed by atoms with E-state index in [4.69, 9.17) is 10.5 Å². The molecule has 0 aliphatic carbocycles. The van der Waals surface area contributed by atoms with Crippen LogP contribution in [-0.4, -0.2) is 61.8 Å². The number of carbonyl (C=O) groups excluding carboxylic acids is 4. The molecule has 1 aromatic rings. The zero-order valence-corrected chi connectivity index (χ0v) is 15.9. The Morgan fingerprint density at radius 3 is 2.34 bits per heavy atom. The van der Waals surface area contributed by atoms with Crippen LogP contribution in [0.2, 0.25) is 0 Å². The first kappa shape index (κ1) is 24.9. The number of benzene rings is 1. The van der Waals surface area contributed by atoms with Gasteiger partial charge in [-0.25, -0.2) is 17.6 Å². The molecule has 4 N–H and O–H groups in total. The lowest BCUT2D eigenvalue weighted by Crippen LogP contribution is -2.57. The van der Waals surface area contributed by atoms with Crippen LogP contribution in [0.3, 0.4) is 0 Å². The van der Waals surface area contributed by atoms with Crippen LogP contribution in [0, 0.1) is 0 Å². The first-order valence-corrected chi connectivity index (χ1v) is 8.73. The number of nitrogens with zero attached hydrogens (tertiary/aromatic N) is 1. The maximum absolute atomic E-state index is 13.5. The molecule has 0 spiro atoms. The molecule has 2 rings (SSSR count). The van der Waals surface area contributed by atoms with Crippen molar-refractivity contribution in [3.05, 3.63) is 23.8 Å². The van der Waals surface area contributed by atoms with Crippen LogP contribution in [0.4, 0.5) is 37.7 Å². The molecule has 32 heavy (non-hydrogen) atoms. The summed E-state index contributed by atoms with van der Waals surface area (Å²) in [5.74, 6) is -11.8. The van der Waals surface area contributed by atoms with E-state index in [1.54, 1.807) is 5.32 Å². The Hall–Kier alpha value is -3.36. The standard InChI is InChI=1S/C17H16F6N4O5/c18-12(19)8-5-7(27-3-4-32-6-10(27)28)1-2-9(8)25-14(30)11(13(24)29)26-16(31)17(22,23)15(20)21/h1-2,5,11-12,15H,3-4,6H2,(H2,24,29)(H,25,30)(H,26,31)/t11-/m1/s1. The number of carbonyl (C=O) groups is 4. The van der Waals surface area contributed by atoms with E-state index in [1.165, 1.54) is 6.07 Å². The van der Waals surface area contributed by atoms with Crippen molar-refractivity contribution in [2.45, 2.75) is 24.8 Å². The van der Waals surface area contributed by atoms with Gasteiger partial charge in [0, 0.05) is 23.5 Å². The van der Waals surface area contributed by atoms with Gasteiger partial charge in [-0.15, -0.1) is 0 Å². The van der Waals surface area contributed by atoms with Gasteiger partial charge in [-0.05, 0) is 18.2 Å². The molecule has 1 atom stereocenters. The largest absolute Gasteiger partial charge is 0.383 e. The molecule has 176 valence electrons. The van der Waals surface area contributed by atoms with Gasteiger partial charge >= 0.3 is 12.3 Å². The van der Waals surface area contributed by atoms with Crippen LogP contribution in [0.25, 0.3) is 0 Å². The summed E-state index contributed by atoms with van der Waals surface area (Å²) in [6.45, 7) is -0.0510. The highest BCUT2D eigenvalue weighted by Gasteiger charge is 2.50. The summed E-state index contributed by atoms with van der Waals surface area (Å²) in [5, 5.41) is 2.87. The topological polar surface area (TPSA) is 131 Å². The number of amides is 4. The minimum atomic E-state index is -5.24. The third kappa shape index (κ3) is 5.46. The maximum Gasteiger partial charge on any atom is 0.383 e. The molecule has 0 saturated carbocycles. The number of alkyl halides is 6. The van der Waals surface area contributed by atoms with Gasteiger partial charge < -0.3 is 26.0 Å². The van der Waals surface area contributed by atoms with Gasteiger partial charge in [0.05, 0.1) is 6.61 Å². The highest BCUT2D eigenvalue weighted by atomic mass is 19.3. The van der Waals surface area contributed by atoms with Gasteiger partial charge in [0.2, 0.25) is 5.91 Å². The third-order valence-corrected chi connectivity index (χ3v) is 4.22. The summed E-state index contributed by atoms with van der Waals surface area (Å²) in [7, 11) is 0. The van der Waals surface area contributed by atoms with Crippen molar-refractivity contribution < 1.29 is 50.3 Å². The molecular formula is C17H16F6N4O5. The number of nitrogens with two attached hydrogens (primary N) is 1. The van der Waals surface area contributed by atoms with E-state index in [-0.39, 0.29) is 25.4 Å². The highest BCUT2D eigenvalue weighted by Crippen LogP contribution is 2.32. The van der Waals surface area contributed by atoms with E-state index < -0.39 is 59.7 Å². The number of nitrogens with one attached hydrogen (secondary N) is 2. The monoisotopic (exact) mass is 470 g/mol. The minimum Gasteiger partial charge on any atom is -0.370 e. The lowest BCUT2D eigenvalue weighted by molar-refractivity contribution is -0.171. The van der Waals surface area contributed by atoms with Crippen molar-refractivity contribution in [3.8, 4) is 0 Å². The van der Waals surface area contributed by atoms with Gasteiger partial charge in [0.25, 0.3) is 24.1 Å². The van der Waals surface area contributed by atoms with Crippen LogP contribution in [-0.2, 0) is 23.9 Å². The molecule has 1 fully saturated rings. The average molecular weight is 470 g/mol. The van der Waals surface area contributed by atoms with Crippen LogP contribution >= 0.6 is 0 Å². The van der Waals surface area contributed by atoms with Gasteiger partial charge in [-0.3, -0.25) is 19.2 Å². The number of rotatable bonds is 8. The van der Waals surface area contributed by atoms with Gasteiger partial charge in [0.15, 0.2) is 6.04 Å². The molecular weight excluding hydrogens is 454 g/mol. The molecule has 1 saturated heterocycles. The Kier molecular flexibility index (Phi) is 7.66. The second kappa shape index (κ2) is 9.84. The summed E-state index contributed by atoms with van der Waals surface area (Å²) in [6, 6.07) is 0.406. The van der Waals surface area contributed by atoms with Gasteiger partial charge in [-0.2, -0.15) is 8.78 Å². The quantitative estimate of drug-likeness (QED) is 0.382. The lowest BCUT2D eigenvalue weighted by Gasteiger charge is -2.27. The molecule has 4 amide bonds. The van der Waals surface area contributed by atoms with E-state index in [2.05, 4.69) is 0 Å². The van der Waals surface area contributed by atoms with E-state index in [9.17, 15) is 45.5 Å². The van der Waals surface area contributed by atoms with Crippen LogP contribution in [0.15, 0.2) is 18.2 Å². The molecule has 15 heteroatoms. The summed E-state index contributed by atoms with van der Waals surface area (Å²) >= 11 is 0. The fraction of sp³-hybridized carbons (Fsp3) is 0.412. The van der Waals surface area contributed by atoms with Crippen molar-refractivity contribution >= 4 is 35.0 Å². The molecule has 0 aromatic heterocycles. The Labute approximate surface area is 175 Å². The third-order valence-electron chi connectivity index (χ3n) is 4.22. The summed E-state index contributed by atoms with van der Waals surface area (Å²) in [6.07, 6.45) is -7.65. The van der Waals surface area contributed by atoms with Crippen LogP contribution in [0.1, 0.15) is 12.0 Å². The predicted molar refractivity (Wildman–Crippen MR) is 95.3 cm³/mol. The van der Waals surface area contributed by atoms with Gasteiger partial charge in [-0.1, -0.05) is 0 Å². The fourth-order valence-electron chi connectivity index (χ4n) is 2.60.